The first-order valence-corrected chi connectivity index (χ1v) is 30.7. The number of carbonyl (C=O) groups is 3. The molecule has 0 rings (SSSR count). The molecule has 1 atom stereocenters. The second-order valence-electron chi connectivity index (χ2n) is 20.2. The molecule has 0 saturated heterocycles. The number of carbonyl (C=O) groups excluding carboxylic acids is 3. The van der Waals surface area contributed by atoms with Crippen molar-refractivity contribution in [1.29, 1.82) is 0 Å². The molecule has 73 heavy (non-hydrogen) atoms. The molecule has 0 radical (unpaired) electrons. The Morgan fingerprint density at radius 1 is 0.288 bits per heavy atom. The Morgan fingerprint density at radius 3 is 0.904 bits per heavy atom. The molecule has 0 spiro atoms. The van der Waals surface area contributed by atoms with Gasteiger partial charge < -0.3 is 14.2 Å². The van der Waals surface area contributed by atoms with E-state index in [-0.39, 0.29) is 31.1 Å². The van der Waals surface area contributed by atoms with Crippen LogP contribution >= 0.6 is 0 Å². The zero-order chi connectivity index (χ0) is 52.9. The maximum atomic E-state index is 12.8. The molecule has 418 valence electrons. The van der Waals surface area contributed by atoms with Crippen molar-refractivity contribution in [2.75, 3.05) is 13.2 Å². The van der Waals surface area contributed by atoms with Gasteiger partial charge in [-0.05, 0) is 116 Å². The van der Waals surface area contributed by atoms with Crippen molar-refractivity contribution < 1.29 is 28.6 Å². The maximum Gasteiger partial charge on any atom is 0.306 e. The largest absolute Gasteiger partial charge is 0.462 e. The fourth-order valence-electron chi connectivity index (χ4n) is 8.44. The average molecular weight is 1020 g/mol. The number of esters is 3. The molecule has 0 aliphatic heterocycles. The van der Waals surface area contributed by atoms with E-state index in [0.717, 1.165) is 128 Å². The van der Waals surface area contributed by atoms with E-state index in [9.17, 15) is 14.4 Å². The molecule has 0 N–H and O–H groups in total. The molecular weight excluding hydrogens is 901 g/mol. The highest BCUT2D eigenvalue weighted by Gasteiger charge is 2.19. The SMILES string of the molecule is CC/C=C\C/C=C\C/C=C\C/C=C\C/C=C\CCCCCCCCCCCCCCCC(=O)OCC(COC(=O)CCCCCCC/C=C\CCC)OC(=O)CCCCCCC/C=C\C/C=C\CCCCCC. The standard InChI is InChI=1S/C67H114O6/c1-4-7-10-13-16-19-22-24-26-28-29-30-31-32-33-34-35-36-37-38-39-40-42-43-45-48-51-54-57-60-66(69)72-63-64(62-71-65(68)59-56-53-50-47-21-18-15-12-9-6-3)73-67(70)61-58-55-52-49-46-44-41-27-25-23-20-17-14-11-8-5-2/h7,10,12,15-16,19-20,23-24,26-27,29-30,32-33,41,64H,4-6,8-9,11,13-14,17-18,21-22,25,28,31,34-40,42-63H2,1-3H3/b10-7-,15-12-,19-16-,23-20-,26-24-,30-29-,33-32-,41-27-. The van der Waals surface area contributed by atoms with E-state index in [4.69, 9.17) is 14.2 Å². The Hall–Kier alpha value is -3.67. The van der Waals surface area contributed by atoms with Crippen LogP contribution in [0.25, 0.3) is 0 Å². The van der Waals surface area contributed by atoms with Crippen LogP contribution in [0.1, 0.15) is 290 Å². The molecule has 0 fully saturated rings. The lowest BCUT2D eigenvalue weighted by Crippen LogP contribution is -2.30. The van der Waals surface area contributed by atoms with Gasteiger partial charge in [-0.15, -0.1) is 0 Å². The summed E-state index contributed by atoms with van der Waals surface area (Å²) in [5.74, 6) is -0.906. The van der Waals surface area contributed by atoms with E-state index in [0.29, 0.717) is 19.3 Å². The van der Waals surface area contributed by atoms with Crippen LogP contribution in [-0.4, -0.2) is 37.2 Å². The van der Waals surface area contributed by atoms with E-state index < -0.39 is 6.10 Å². The Balaban J connectivity index is 4.21. The summed E-state index contributed by atoms with van der Waals surface area (Å²) in [5, 5.41) is 0. The molecule has 0 amide bonds. The summed E-state index contributed by atoms with van der Waals surface area (Å²) in [5.41, 5.74) is 0. The summed E-state index contributed by atoms with van der Waals surface area (Å²) >= 11 is 0. The summed E-state index contributed by atoms with van der Waals surface area (Å²) in [6.45, 7) is 6.44. The second kappa shape index (κ2) is 60.9. The fourth-order valence-corrected chi connectivity index (χ4v) is 8.44. The summed E-state index contributed by atoms with van der Waals surface area (Å²) < 4.78 is 16.8. The third kappa shape index (κ3) is 59.1. The maximum absolute atomic E-state index is 12.8. The number of hydrogen-bond donors (Lipinski definition) is 0. The average Bonchev–Trinajstić information content (AvgIpc) is 3.39. The van der Waals surface area contributed by atoms with Crippen molar-refractivity contribution in [2.24, 2.45) is 0 Å². The van der Waals surface area contributed by atoms with Crippen molar-refractivity contribution >= 4 is 17.9 Å². The van der Waals surface area contributed by atoms with Crippen LogP contribution in [0.2, 0.25) is 0 Å². The van der Waals surface area contributed by atoms with Gasteiger partial charge >= 0.3 is 17.9 Å². The Morgan fingerprint density at radius 2 is 0.562 bits per heavy atom. The topological polar surface area (TPSA) is 78.9 Å². The van der Waals surface area contributed by atoms with Gasteiger partial charge in [-0.25, -0.2) is 0 Å². The van der Waals surface area contributed by atoms with E-state index in [1.807, 2.05) is 0 Å². The summed E-state index contributed by atoms with van der Waals surface area (Å²) in [7, 11) is 0. The Bertz CT molecular complexity index is 1440. The molecule has 0 aliphatic carbocycles. The minimum absolute atomic E-state index is 0.0854. The van der Waals surface area contributed by atoms with Crippen molar-refractivity contribution in [2.45, 2.75) is 297 Å². The van der Waals surface area contributed by atoms with Gasteiger partial charge in [0.05, 0.1) is 0 Å². The predicted octanol–water partition coefficient (Wildman–Crippen LogP) is 20.9. The Labute approximate surface area is 451 Å². The molecule has 0 bridgehead atoms. The first-order chi connectivity index (χ1) is 36.0. The molecule has 0 aromatic heterocycles. The summed E-state index contributed by atoms with van der Waals surface area (Å²) in [4.78, 5) is 38.1. The van der Waals surface area contributed by atoms with Crippen LogP contribution in [-0.2, 0) is 28.6 Å². The molecular formula is C67H114O6. The monoisotopic (exact) mass is 1010 g/mol. The molecule has 1 unspecified atom stereocenters. The van der Waals surface area contributed by atoms with Gasteiger partial charge in [0.25, 0.3) is 0 Å². The third-order valence-corrected chi connectivity index (χ3v) is 13.0. The summed E-state index contributed by atoms with van der Waals surface area (Å²) in [6, 6.07) is 0. The fraction of sp³-hybridized carbons (Fsp3) is 0.716. The normalized spacial score (nSPS) is 12.8. The minimum atomic E-state index is -0.788. The minimum Gasteiger partial charge on any atom is -0.462 e. The quantitative estimate of drug-likeness (QED) is 0.0261. The van der Waals surface area contributed by atoms with E-state index >= 15 is 0 Å². The molecule has 0 saturated carbocycles. The van der Waals surface area contributed by atoms with Crippen LogP contribution in [0.15, 0.2) is 97.2 Å². The van der Waals surface area contributed by atoms with Gasteiger partial charge in [0.1, 0.15) is 13.2 Å². The lowest BCUT2D eigenvalue weighted by atomic mass is 10.0. The first-order valence-electron chi connectivity index (χ1n) is 30.7. The van der Waals surface area contributed by atoms with Crippen molar-refractivity contribution in [3.8, 4) is 0 Å². The van der Waals surface area contributed by atoms with Gasteiger partial charge in [0.15, 0.2) is 6.10 Å². The van der Waals surface area contributed by atoms with E-state index in [2.05, 4.69) is 118 Å². The number of allylic oxidation sites excluding steroid dienone is 16. The van der Waals surface area contributed by atoms with Crippen LogP contribution in [0.5, 0.6) is 0 Å². The van der Waals surface area contributed by atoms with Crippen LogP contribution in [0, 0.1) is 0 Å². The molecule has 6 nitrogen and oxygen atoms in total. The van der Waals surface area contributed by atoms with Gasteiger partial charge in [0.2, 0.25) is 0 Å². The number of hydrogen-bond acceptors (Lipinski definition) is 6. The third-order valence-electron chi connectivity index (χ3n) is 13.0. The number of rotatable bonds is 55. The number of unbranched alkanes of at least 4 members (excludes halogenated alkanes) is 28. The van der Waals surface area contributed by atoms with Gasteiger partial charge in [-0.3, -0.25) is 14.4 Å². The zero-order valence-corrected chi connectivity index (χ0v) is 47.9. The molecule has 0 aromatic rings. The highest BCUT2D eigenvalue weighted by atomic mass is 16.6. The lowest BCUT2D eigenvalue weighted by molar-refractivity contribution is -0.167. The predicted molar refractivity (Wildman–Crippen MR) is 316 cm³/mol. The smallest absolute Gasteiger partial charge is 0.306 e. The molecule has 0 heterocycles. The zero-order valence-electron chi connectivity index (χ0n) is 47.9. The van der Waals surface area contributed by atoms with E-state index in [1.165, 1.54) is 122 Å². The van der Waals surface area contributed by atoms with Crippen LogP contribution in [0.4, 0.5) is 0 Å². The van der Waals surface area contributed by atoms with Crippen molar-refractivity contribution in [3.63, 3.8) is 0 Å². The van der Waals surface area contributed by atoms with Crippen LogP contribution in [0.3, 0.4) is 0 Å². The van der Waals surface area contributed by atoms with E-state index in [1.54, 1.807) is 0 Å². The highest BCUT2D eigenvalue weighted by Crippen LogP contribution is 2.16. The molecule has 0 aliphatic rings. The second-order valence-corrected chi connectivity index (χ2v) is 20.2. The lowest BCUT2D eigenvalue weighted by Gasteiger charge is -2.18. The molecule has 6 heteroatoms. The van der Waals surface area contributed by atoms with Gasteiger partial charge in [-0.2, -0.15) is 0 Å². The Kier molecular flexibility index (Phi) is 57.8. The van der Waals surface area contributed by atoms with Crippen molar-refractivity contribution in [1.82, 2.24) is 0 Å². The number of ether oxygens (including phenoxy) is 3. The first kappa shape index (κ1) is 69.3. The van der Waals surface area contributed by atoms with Crippen molar-refractivity contribution in [3.05, 3.63) is 97.2 Å². The van der Waals surface area contributed by atoms with Gasteiger partial charge in [-0.1, -0.05) is 253 Å². The van der Waals surface area contributed by atoms with Gasteiger partial charge in [0, 0.05) is 19.3 Å². The van der Waals surface area contributed by atoms with Crippen LogP contribution < -0.4 is 0 Å². The summed E-state index contributed by atoms with van der Waals surface area (Å²) in [6.07, 6.45) is 81.3. The molecule has 0 aromatic carbocycles. The highest BCUT2D eigenvalue weighted by molar-refractivity contribution is 5.71.